The topological polar surface area (TPSA) is 59.3 Å². The second kappa shape index (κ2) is 5.02. The molecule has 0 aliphatic heterocycles. The van der Waals surface area contributed by atoms with Gasteiger partial charge in [-0.15, -0.1) is 0 Å². The van der Waals surface area contributed by atoms with Crippen molar-refractivity contribution in [1.29, 1.82) is 0 Å². The Bertz CT molecular complexity index is 732. The molecular weight excluding hydrogens is 290 g/mol. The summed E-state index contributed by atoms with van der Waals surface area (Å²) in [5.41, 5.74) is 1.20. The Labute approximate surface area is 122 Å². The lowest BCUT2D eigenvalue weighted by Crippen LogP contribution is -2.39. The summed E-state index contributed by atoms with van der Waals surface area (Å²) >= 11 is 0. The molecule has 4 nitrogen and oxygen atoms in total. The van der Waals surface area contributed by atoms with Crippen LogP contribution in [0.5, 0.6) is 0 Å². The third-order valence-corrected chi connectivity index (χ3v) is 7.32. The molecule has 2 aromatic rings. The number of nitrogens with zero attached hydrogens (tertiary/aromatic N) is 1. The summed E-state index contributed by atoms with van der Waals surface area (Å²) in [5.74, 6) is 0. The molecule has 0 aliphatic carbocycles. The minimum absolute atomic E-state index is 0.0580. The lowest BCUT2D eigenvalue weighted by Gasteiger charge is -2.29. The summed E-state index contributed by atoms with van der Waals surface area (Å²) in [4.78, 5) is 0. The molecule has 3 radical (unpaired) electrons. The molecule has 1 aromatic carbocycles. The first-order valence-electron chi connectivity index (χ1n) is 6.39. The molecule has 107 valence electrons. The summed E-state index contributed by atoms with van der Waals surface area (Å²) < 4.78 is 26.0. The van der Waals surface area contributed by atoms with Gasteiger partial charge in [0.15, 0.2) is 0 Å². The second-order valence-electron chi connectivity index (χ2n) is 5.49. The molecule has 2 rings (SSSR count). The van der Waals surface area contributed by atoms with Gasteiger partial charge in [0.05, 0.1) is 16.9 Å². The minimum atomic E-state index is -3.54. The van der Waals surface area contributed by atoms with Gasteiger partial charge in [-0.1, -0.05) is 13.0 Å². The average Bonchev–Trinajstić information content (AvgIpc) is 2.81. The van der Waals surface area contributed by atoms with E-state index in [0.717, 1.165) is 10.9 Å². The summed E-state index contributed by atoms with van der Waals surface area (Å²) in [6, 6.07) is 7.01. The second-order valence-corrected chi connectivity index (χ2v) is 8.75. The van der Waals surface area contributed by atoms with E-state index in [2.05, 4.69) is 10.2 Å². The third-order valence-electron chi connectivity index (χ3n) is 3.87. The lowest BCUT2D eigenvalue weighted by atomic mass is 10.1. The predicted molar refractivity (Wildman–Crippen MR) is 81.4 cm³/mol. The number of hydrogen-bond donors (Lipinski definition) is 1. The van der Waals surface area contributed by atoms with E-state index in [9.17, 15) is 8.42 Å². The predicted octanol–water partition coefficient (Wildman–Crippen LogP) is 2.07. The van der Waals surface area contributed by atoms with Crippen LogP contribution in [0.2, 0.25) is 5.54 Å². The fourth-order valence-electron chi connectivity index (χ4n) is 1.95. The van der Waals surface area contributed by atoms with Crippen LogP contribution >= 0.6 is 0 Å². The lowest BCUT2D eigenvalue weighted by molar-refractivity contribution is 0.282. The van der Waals surface area contributed by atoms with Crippen molar-refractivity contribution in [1.82, 2.24) is 3.97 Å². The fourth-order valence-corrected chi connectivity index (χ4v) is 4.00. The molecule has 0 saturated carbocycles. The summed E-state index contributed by atoms with van der Waals surface area (Å²) in [6.45, 7) is 5.17. The van der Waals surface area contributed by atoms with E-state index in [-0.39, 0.29) is 12.1 Å². The highest BCUT2D eigenvalue weighted by Crippen LogP contribution is 2.32. The van der Waals surface area contributed by atoms with E-state index in [1.807, 2.05) is 6.92 Å². The first-order chi connectivity index (χ1) is 9.21. The van der Waals surface area contributed by atoms with Crippen molar-refractivity contribution < 1.29 is 13.5 Å². The van der Waals surface area contributed by atoms with Crippen molar-refractivity contribution in [3.63, 3.8) is 0 Å². The number of aliphatic hydroxyl groups is 1. The van der Waals surface area contributed by atoms with E-state index < -0.39 is 14.8 Å². The van der Waals surface area contributed by atoms with Crippen LogP contribution < -0.4 is 0 Å². The number of benzene rings is 1. The van der Waals surface area contributed by atoms with E-state index in [1.54, 1.807) is 44.3 Å². The van der Waals surface area contributed by atoms with Crippen LogP contribution in [0.1, 0.15) is 26.3 Å². The molecule has 1 N–H and O–H groups in total. The molecule has 0 bridgehead atoms. The monoisotopic (exact) mass is 308 g/mol. The molecule has 6 heteroatoms. The van der Waals surface area contributed by atoms with E-state index in [4.69, 9.17) is 5.11 Å². The Morgan fingerprint density at radius 1 is 1.35 bits per heavy atom. The molecule has 0 aliphatic rings. The maximum Gasteiger partial charge on any atom is 0.244 e. The fraction of sp³-hybridized carbons (Fsp3) is 0.429. The molecule has 0 amide bonds. The first kappa shape index (κ1) is 15.3. The van der Waals surface area contributed by atoms with Gasteiger partial charge in [0.25, 0.3) is 0 Å². The number of rotatable bonds is 4. The van der Waals surface area contributed by atoms with Crippen molar-refractivity contribution in [2.75, 3.05) is 0 Å². The summed E-state index contributed by atoms with van der Waals surface area (Å²) in [5, 5.41) is 9.94. The quantitative estimate of drug-likeness (QED) is 0.880. The maximum atomic E-state index is 12.8. The number of aliphatic hydroxyl groups excluding tert-OH is 1. The molecule has 1 heterocycles. The molecule has 0 fully saturated rings. The van der Waals surface area contributed by atoms with Crippen molar-refractivity contribution in [2.24, 2.45) is 0 Å². The molecule has 0 saturated heterocycles. The Kier molecular flexibility index (Phi) is 3.83. The maximum absolute atomic E-state index is 12.8. The number of aromatic nitrogens is 1. The summed E-state index contributed by atoms with van der Waals surface area (Å²) in [7, 11) is -0.102. The van der Waals surface area contributed by atoms with Crippen LogP contribution in [0.25, 0.3) is 10.9 Å². The highest BCUT2D eigenvalue weighted by Gasteiger charge is 2.39. The van der Waals surface area contributed by atoms with Crippen molar-refractivity contribution in [3.8, 4) is 0 Å². The van der Waals surface area contributed by atoms with Gasteiger partial charge in [-0.25, -0.2) is 12.4 Å². The molecule has 1 aromatic heterocycles. The smallest absolute Gasteiger partial charge is 0.244 e. The number of hydrogen-bond acceptors (Lipinski definition) is 3. The molecule has 20 heavy (non-hydrogen) atoms. The Morgan fingerprint density at radius 3 is 2.55 bits per heavy atom. The van der Waals surface area contributed by atoms with Crippen LogP contribution in [0.3, 0.4) is 0 Å². The zero-order valence-corrected chi connectivity index (χ0v) is 13.6. The van der Waals surface area contributed by atoms with Gasteiger partial charge < -0.3 is 5.11 Å². The normalized spacial score (nSPS) is 14.7. The standard InChI is InChI=1S/C14H18NO3SSi/c1-10(20)14(2,3)19(17,18)15-7-6-12-8-11(9-16)4-5-13(12)15/h4-8,10,16H,9H2,1-3H3. The molecule has 1 unspecified atom stereocenters. The Balaban J connectivity index is 2.65. The van der Waals surface area contributed by atoms with Crippen molar-refractivity contribution in [3.05, 3.63) is 36.0 Å². The third kappa shape index (κ3) is 2.21. The molecule has 1 atom stereocenters. The SMILES string of the molecule is CC([Si])C(C)(C)S(=O)(=O)n1ccc2cc(CO)ccc21. The van der Waals surface area contributed by atoms with Crippen LogP contribution in [-0.4, -0.2) is 32.5 Å². The van der Waals surface area contributed by atoms with Gasteiger partial charge in [0.2, 0.25) is 10.0 Å². The van der Waals surface area contributed by atoms with Crippen LogP contribution in [-0.2, 0) is 16.6 Å². The van der Waals surface area contributed by atoms with Crippen LogP contribution in [0.4, 0.5) is 0 Å². The zero-order chi connectivity index (χ0) is 15.1. The zero-order valence-electron chi connectivity index (χ0n) is 11.8. The molecular formula is C14H18NO3SSi. The Morgan fingerprint density at radius 2 is 2.00 bits per heavy atom. The Hall–Kier alpha value is -1.11. The van der Waals surface area contributed by atoms with Crippen LogP contribution in [0.15, 0.2) is 30.5 Å². The van der Waals surface area contributed by atoms with Gasteiger partial charge in [0.1, 0.15) is 0 Å². The first-order valence-corrected chi connectivity index (χ1v) is 8.40. The summed E-state index contributed by atoms with van der Waals surface area (Å²) in [6.07, 6.45) is 1.57. The van der Waals surface area contributed by atoms with E-state index in [0.29, 0.717) is 5.52 Å². The van der Waals surface area contributed by atoms with Gasteiger partial charge in [-0.05, 0) is 43.2 Å². The van der Waals surface area contributed by atoms with Crippen molar-refractivity contribution >= 4 is 31.2 Å². The van der Waals surface area contributed by atoms with Crippen molar-refractivity contribution in [2.45, 2.75) is 37.7 Å². The van der Waals surface area contributed by atoms with Gasteiger partial charge >= 0.3 is 0 Å². The molecule has 0 spiro atoms. The number of fused-ring (bicyclic) bond motifs is 1. The van der Waals surface area contributed by atoms with Gasteiger partial charge in [-0.2, -0.15) is 0 Å². The van der Waals surface area contributed by atoms with Crippen LogP contribution in [0, 0.1) is 0 Å². The highest BCUT2D eigenvalue weighted by atomic mass is 32.2. The average molecular weight is 308 g/mol. The van der Waals surface area contributed by atoms with Gasteiger partial charge in [0, 0.05) is 21.8 Å². The van der Waals surface area contributed by atoms with Gasteiger partial charge in [-0.3, -0.25) is 0 Å². The highest BCUT2D eigenvalue weighted by molar-refractivity contribution is 7.91. The van der Waals surface area contributed by atoms with E-state index in [1.165, 1.54) is 3.97 Å². The van der Waals surface area contributed by atoms with E-state index >= 15 is 0 Å². The largest absolute Gasteiger partial charge is 0.392 e. The minimum Gasteiger partial charge on any atom is -0.392 e.